The molecule has 0 fully saturated rings. The molecule has 1 unspecified atom stereocenters. The van der Waals surface area contributed by atoms with Crippen molar-refractivity contribution in [2.45, 2.75) is 26.7 Å². The van der Waals surface area contributed by atoms with E-state index in [4.69, 9.17) is 0 Å². The van der Waals surface area contributed by atoms with Gasteiger partial charge in [0, 0.05) is 11.5 Å². The van der Waals surface area contributed by atoms with Gasteiger partial charge in [0.1, 0.15) is 5.75 Å². The van der Waals surface area contributed by atoms with Crippen LogP contribution in [-0.2, 0) is 0 Å². The minimum Gasteiger partial charge on any atom is -0.507 e. The van der Waals surface area contributed by atoms with Gasteiger partial charge in [-0.15, -0.1) is 0 Å². The van der Waals surface area contributed by atoms with Gasteiger partial charge in [0.05, 0.1) is 0 Å². The van der Waals surface area contributed by atoms with Gasteiger partial charge in [-0.2, -0.15) is 0 Å². The van der Waals surface area contributed by atoms with Gasteiger partial charge in [-0.3, -0.25) is 0 Å². The molecule has 0 spiro atoms. The Kier molecular flexibility index (Phi) is 3.13. The molecule has 1 aromatic carbocycles. The third kappa shape index (κ3) is 2.11. The zero-order valence-electron chi connectivity index (χ0n) is 8.41. The van der Waals surface area contributed by atoms with E-state index in [-0.39, 0.29) is 5.92 Å². The van der Waals surface area contributed by atoms with Gasteiger partial charge in [0.25, 0.3) is 0 Å². The van der Waals surface area contributed by atoms with Crippen molar-refractivity contribution in [1.82, 2.24) is 0 Å². The van der Waals surface area contributed by atoms with Gasteiger partial charge >= 0.3 is 0 Å². The predicted molar refractivity (Wildman–Crippen MR) is 56.1 cm³/mol. The lowest BCUT2D eigenvalue weighted by Crippen LogP contribution is -1.91. The zero-order chi connectivity index (χ0) is 9.84. The van der Waals surface area contributed by atoms with Crippen molar-refractivity contribution in [1.29, 1.82) is 0 Å². The number of phenolic OH excluding ortho intramolecular Hbond substituents is 1. The Morgan fingerprint density at radius 3 is 2.69 bits per heavy atom. The van der Waals surface area contributed by atoms with Crippen LogP contribution in [0.4, 0.5) is 0 Å². The molecule has 1 heteroatoms. The Labute approximate surface area is 79.7 Å². The van der Waals surface area contributed by atoms with Gasteiger partial charge in [-0.1, -0.05) is 37.3 Å². The Morgan fingerprint density at radius 2 is 2.08 bits per heavy atom. The fraction of sp³-hybridized carbons (Fsp3) is 0.333. The van der Waals surface area contributed by atoms with Crippen LogP contribution in [0, 0.1) is 6.92 Å². The maximum atomic E-state index is 9.76. The van der Waals surface area contributed by atoms with Gasteiger partial charge < -0.3 is 5.11 Å². The molecule has 1 aromatic rings. The smallest absolute Gasteiger partial charge is 0.122 e. The molecule has 0 aromatic heterocycles. The van der Waals surface area contributed by atoms with Crippen molar-refractivity contribution >= 4 is 0 Å². The number of hydrogen-bond donors (Lipinski definition) is 1. The van der Waals surface area contributed by atoms with E-state index >= 15 is 0 Å². The predicted octanol–water partition coefficient (Wildman–Crippen LogP) is 3.38. The highest BCUT2D eigenvalue weighted by atomic mass is 16.3. The highest BCUT2D eigenvalue weighted by molar-refractivity contribution is 5.42. The standard InChI is InChI=1S/C12H16O/c1-4-6-9(2)11-8-5-7-10(3)12(11)13/h4-9,13H,1-3H3/b6-4+. The normalized spacial score (nSPS) is 13.5. The Bertz CT molecular complexity index is 313. The number of benzene rings is 1. The molecule has 0 heterocycles. The molecule has 1 atom stereocenters. The fourth-order valence-electron chi connectivity index (χ4n) is 1.44. The van der Waals surface area contributed by atoms with Gasteiger partial charge in [0.15, 0.2) is 0 Å². The molecule has 0 aliphatic carbocycles. The first-order valence-corrected chi connectivity index (χ1v) is 4.58. The topological polar surface area (TPSA) is 20.2 Å². The Hall–Kier alpha value is -1.24. The van der Waals surface area contributed by atoms with Crippen LogP contribution in [0.5, 0.6) is 5.75 Å². The second-order valence-corrected chi connectivity index (χ2v) is 3.33. The maximum Gasteiger partial charge on any atom is 0.122 e. The number of hydrogen-bond acceptors (Lipinski definition) is 1. The highest BCUT2D eigenvalue weighted by Crippen LogP contribution is 2.29. The van der Waals surface area contributed by atoms with E-state index in [1.165, 1.54) is 0 Å². The summed E-state index contributed by atoms with van der Waals surface area (Å²) in [7, 11) is 0. The third-order valence-corrected chi connectivity index (χ3v) is 2.24. The molecular weight excluding hydrogens is 160 g/mol. The largest absolute Gasteiger partial charge is 0.507 e. The van der Waals surface area contributed by atoms with Crippen LogP contribution in [0.15, 0.2) is 30.4 Å². The first kappa shape index (κ1) is 9.85. The first-order valence-electron chi connectivity index (χ1n) is 4.58. The summed E-state index contributed by atoms with van der Waals surface area (Å²) in [6.07, 6.45) is 4.08. The molecule has 0 saturated carbocycles. The van der Waals surface area contributed by atoms with Crippen LogP contribution in [0.25, 0.3) is 0 Å². The number of para-hydroxylation sites is 1. The highest BCUT2D eigenvalue weighted by Gasteiger charge is 2.07. The zero-order valence-corrected chi connectivity index (χ0v) is 8.41. The molecule has 1 N–H and O–H groups in total. The SMILES string of the molecule is C/C=C/C(C)c1cccc(C)c1O. The summed E-state index contributed by atoms with van der Waals surface area (Å²) < 4.78 is 0. The number of phenols is 1. The van der Waals surface area contributed by atoms with Gasteiger partial charge in [-0.05, 0) is 19.4 Å². The minimum atomic E-state index is 0.282. The van der Waals surface area contributed by atoms with E-state index in [0.717, 1.165) is 11.1 Å². The van der Waals surface area contributed by atoms with Crippen molar-refractivity contribution in [3.63, 3.8) is 0 Å². The molecule has 70 valence electrons. The second kappa shape index (κ2) is 4.13. The summed E-state index contributed by atoms with van der Waals surface area (Å²) in [5.74, 6) is 0.706. The van der Waals surface area contributed by atoms with E-state index in [1.807, 2.05) is 38.1 Å². The lowest BCUT2D eigenvalue weighted by molar-refractivity contribution is 0.462. The average Bonchev–Trinajstić information content (AvgIpc) is 2.10. The van der Waals surface area contributed by atoms with Gasteiger partial charge in [0.2, 0.25) is 0 Å². The Balaban J connectivity index is 3.07. The summed E-state index contributed by atoms with van der Waals surface area (Å²) in [4.78, 5) is 0. The number of rotatable bonds is 2. The quantitative estimate of drug-likeness (QED) is 0.685. The van der Waals surface area contributed by atoms with Crippen LogP contribution in [-0.4, -0.2) is 5.11 Å². The van der Waals surface area contributed by atoms with Crippen LogP contribution in [0.3, 0.4) is 0 Å². The fourth-order valence-corrected chi connectivity index (χ4v) is 1.44. The monoisotopic (exact) mass is 176 g/mol. The van der Waals surface area contributed by atoms with E-state index < -0.39 is 0 Å². The van der Waals surface area contributed by atoms with Crippen molar-refractivity contribution in [2.24, 2.45) is 0 Å². The van der Waals surface area contributed by atoms with Crippen molar-refractivity contribution < 1.29 is 5.11 Å². The third-order valence-electron chi connectivity index (χ3n) is 2.24. The van der Waals surface area contributed by atoms with Crippen LogP contribution < -0.4 is 0 Å². The molecule has 13 heavy (non-hydrogen) atoms. The summed E-state index contributed by atoms with van der Waals surface area (Å²) in [5.41, 5.74) is 1.94. The van der Waals surface area contributed by atoms with Crippen molar-refractivity contribution in [3.8, 4) is 5.75 Å². The van der Waals surface area contributed by atoms with Gasteiger partial charge in [-0.25, -0.2) is 0 Å². The molecule has 0 aliphatic heterocycles. The molecule has 0 radical (unpaired) electrons. The van der Waals surface area contributed by atoms with Crippen molar-refractivity contribution in [3.05, 3.63) is 41.5 Å². The number of allylic oxidation sites excluding steroid dienone is 2. The molecule has 1 nitrogen and oxygen atoms in total. The van der Waals surface area contributed by atoms with Crippen LogP contribution in [0.2, 0.25) is 0 Å². The Morgan fingerprint density at radius 1 is 1.38 bits per heavy atom. The van der Waals surface area contributed by atoms with E-state index in [2.05, 4.69) is 13.0 Å². The van der Waals surface area contributed by atoms with E-state index in [9.17, 15) is 5.11 Å². The number of aryl methyl sites for hydroxylation is 1. The summed E-state index contributed by atoms with van der Waals surface area (Å²) >= 11 is 0. The average molecular weight is 176 g/mol. The molecule has 0 saturated heterocycles. The molecule has 0 amide bonds. The number of aromatic hydroxyl groups is 1. The second-order valence-electron chi connectivity index (χ2n) is 3.33. The maximum absolute atomic E-state index is 9.76. The lowest BCUT2D eigenvalue weighted by Gasteiger charge is -2.10. The van der Waals surface area contributed by atoms with Crippen LogP contribution in [0.1, 0.15) is 30.9 Å². The van der Waals surface area contributed by atoms with Crippen molar-refractivity contribution in [2.75, 3.05) is 0 Å². The summed E-state index contributed by atoms with van der Waals surface area (Å²) in [6, 6.07) is 5.86. The summed E-state index contributed by atoms with van der Waals surface area (Å²) in [5, 5.41) is 9.76. The summed E-state index contributed by atoms with van der Waals surface area (Å²) in [6.45, 7) is 5.99. The molecule has 0 bridgehead atoms. The van der Waals surface area contributed by atoms with E-state index in [0.29, 0.717) is 5.75 Å². The molecular formula is C12H16O. The lowest BCUT2D eigenvalue weighted by atomic mass is 9.97. The minimum absolute atomic E-state index is 0.282. The molecule has 1 rings (SSSR count). The van der Waals surface area contributed by atoms with E-state index in [1.54, 1.807) is 0 Å². The first-order chi connectivity index (χ1) is 6.16. The molecule has 0 aliphatic rings. The van der Waals surface area contributed by atoms with Crippen LogP contribution >= 0.6 is 0 Å².